The van der Waals surface area contributed by atoms with Crippen molar-refractivity contribution in [2.45, 2.75) is 32.2 Å². The fourth-order valence-electron chi connectivity index (χ4n) is 4.80. The van der Waals surface area contributed by atoms with Crippen molar-refractivity contribution in [2.75, 3.05) is 33.3 Å². The summed E-state index contributed by atoms with van der Waals surface area (Å²) < 4.78 is 0. The van der Waals surface area contributed by atoms with E-state index in [0.29, 0.717) is 10.9 Å². The van der Waals surface area contributed by atoms with Crippen LogP contribution in [0.2, 0.25) is 5.02 Å². The summed E-state index contributed by atoms with van der Waals surface area (Å²) in [4.78, 5) is 26.9. The van der Waals surface area contributed by atoms with Crippen LogP contribution in [0.25, 0.3) is 0 Å². The molecule has 0 saturated carbocycles. The van der Waals surface area contributed by atoms with E-state index in [1.807, 2.05) is 36.7 Å². The normalized spacial score (nSPS) is 19.2. The Morgan fingerprint density at radius 2 is 1.62 bits per heavy atom. The third-order valence-corrected chi connectivity index (χ3v) is 6.87. The lowest BCUT2D eigenvalue weighted by atomic mass is 9.87. The van der Waals surface area contributed by atoms with E-state index in [9.17, 15) is 4.79 Å². The van der Waals surface area contributed by atoms with Crippen molar-refractivity contribution in [3.05, 3.63) is 64.9 Å². The third kappa shape index (κ3) is 5.67. The second-order valence-electron chi connectivity index (χ2n) is 8.67. The van der Waals surface area contributed by atoms with Crippen LogP contribution in [-0.2, 0) is 16.2 Å². The summed E-state index contributed by atoms with van der Waals surface area (Å²) in [5.74, 6) is 0.745. The Morgan fingerprint density at radius 1 is 1.00 bits per heavy atom. The van der Waals surface area contributed by atoms with Crippen LogP contribution in [0.1, 0.15) is 36.8 Å². The second-order valence-corrected chi connectivity index (χ2v) is 9.11. The molecule has 0 atom stereocenters. The van der Waals surface area contributed by atoms with E-state index in [1.165, 1.54) is 5.56 Å². The number of halogens is 1. The molecule has 0 radical (unpaired) electrons. The predicted octanol–water partition coefficient (Wildman–Crippen LogP) is 4.24. The molecule has 1 amide bonds. The SMILES string of the molecule is CON=C(c1ccc(Cl)cc1)C1CCN(C(=O)C2CCN(Cc3ccncc3)CC2)CC1. The van der Waals surface area contributed by atoms with Gasteiger partial charge in [-0.1, -0.05) is 28.9 Å². The number of carbonyl (C=O) groups excluding carboxylic acids is 1. The van der Waals surface area contributed by atoms with Gasteiger partial charge in [0, 0.05) is 48.9 Å². The number of carbonyl (C=O) groups is 1. The van der Waals surface area contributed by atoms with E-state index in [-0.39, 0.29) is 11.8 Å². The number of amides is 1. The molecule has 7 heteroatoms. The Hall–Kier alpha value is -2.44. The Kier molecular flexibility index (Phi) is 7.76. The summed E-state index contributed by atoms with van der Waals surface area (Å²) >= 11 is 6.04. The van der Waals surface area contributed by atoms with Gasteiger partial charge in [-0.05, 0) is 74.2 Å². The zero-order chi connectivity index (χ0) is 22.3. The van der Waals surface area contributed by atoms with Crippen molar-refractivity contribution < 1.29 is 9.63 Å². The molecule has 1 aromatic heterocycles. The monoisotopic (exact) mass is 454 g/mol. The van der Waals surface area contributed by atoms with Gasteiger partial charge in [-0.25, -0.2) is 0 Å². The highest BCUT2D eigenvalue weighted by molar-refractivity contribution is 6.30. The first-order chi connectivity index (χ1) is 15.6. The second kappa shape index (κ2) is 10.9. The van der Waals surface area contributed by atoms with E-state index in [0.717, 1.165) is 69.7 Å². The van der Waals surface area contributed by atoms with Crippen LogP contribution < -0.4 is 0 Å². The van der Waals surface area contributed by atoms with Gasteiger partial charge >= 0.3 is 0 Å². The molecule has 4 rings (SSSR count). The fraction of sp³-hybridized carbons (Fsp3) is 0.480. The molecule has 32 heavy (non-hydrogen) atoms. The largest absolute Gasteiger partial charge is 0.399 e. The van der Waals surface area contributed by atoms with Gasteiger partial charge in [0.15, 0.2) is 0 Å². The highest BCUT2D eigenvalue weighted by Crippen LogP contribution is 2.27. The smallest absolute Gasteiger partial charge is 0.225 e. The van der Waals surface area contributed by atoms with Gasteiger partial charge in [-0.15, -0.1) is 0 Å². The first-order valence-corrected chi connectivity index (χ1v) is 11.8. The fourth-order valence-corrected chi connectivity index (χ4v) is 4.92. The van der Waals surface area contributed by atoms with Crippen molar-refractivity contribution in [1.29, 1.82) is 0 Å². The third-order valence-electron chi connectivity index (χ3n) is 6.62. The Labute approximate surface area is 195 Å². The summed E-state index contributed by atoms with van der Waals surface area (Å²) in [7, 11) is 1.58. The molecule has 2 aromatic rings. The zero-order valence-electron chi connectivity index (χ0n) is 18.6. The van der Waals surface area contributed by atoms with E-state index < -0.39 is 0 Å². The van der Waals surface area contributed by atoms with Crippen molar-refractivity contribution in [1.82, 2.24) is 14.8 Å². The average Bonchev–Trinajstić information content (AvgIpc) is 2.84. The van der Waals surface area contributed by atoms with E-state index >= 15 is 0 Å². The van der Waals surface area contributed by atoms with E-state index in [1.54, 1.807) is 7.11 Å². The number of hydrogen-bond acceptors (Lipinski definition) is 5. The summed E-state index contributed by atoms with van der Waals surface area (Å²) in [6.45, 7) is 4.42. The first kappa shape index (κ1) is 22.7. The number of piperidine rings is 2. The zero-order valence-corrected chi connectivity index (χ0v) is 19.4. The molecule has 0 bridgehead atoms. The quantitative estimate of drug-likeness (QED) is 0.484. The summed E-state index contributed by atoms with van der Waals surface area (Å²) in [5, 5.41) is 5.02. The number of rotatable bonds is 6. The number of nitrogens with zero attached hydrogens (tertiary/aromatic N) is 4. The van der Waals surface area contributed by atoms with Gasteiger partial charge in [-0.3, -0.25) is 14.7 Å². The standard InChI is InChI=1S/C25H31ClN4O2/c1-32-28-24(20-2-4-23(26)5-3-20)21-10-16-30(17-11-21)25(31)22-8-14-29(15-9-22)18-19-6-12-27-13-7-19/h2-7,12-13,21-22H,8-11,14-18H2,1H3. The predicted molar refractivity (Wildman–Crippen MR) is 127 cm³/mol. The van der Waals surface area contributed by atoms with Crippen LogP contribution in [0.15, 0.2) is 53.9 Å². The van der Waals surface area contributed by atoms with Crippen LogP contribution in [0.3, 0.4) is 0 Å². The molecule has 1 aromatic carbocycles. The van der Waals surface area contributed by atoms with Gasteiger partial charge in [0.2, 0.25) is 5.91 Å². The summed E-state index contributed by atoms with van der Waals surface area (Å²) in [6.07, 6.45) is 7.35. The van der Waals surface area contributed by atoms with Gasteiger partial charge in [0.25, 0.3) is 0 Å². The molecule has 2 fully saturated rings. The van der Waals surface area contributed by atoms with Gasteiger partial charge in [0.1, 0.15) is 7.11 Å². The average molecular weight is 455 g/mol. The lowest BCUT2D eigenvalue weighted by Gasteiger charge is -2.37. The van der Waals surface area contributed by atoms with E-state index in [2.05, 4.69) is 32.1 Å². The molecule has 6 nitrogen and oxygen atoms in total. The molecule has 0 unspecified atom stereocenters. The molecule has 2 saturated heterocycles. The van der Waals surface area contributed by atoms with Crippen LogP contribution in [0, 0.1) is 11.8 Å². The molecule has 2 aliphatic heterocycles. The van der Waals surface area contributed by atoms with Crippen LogP contribution in [-0.4, -0.2) is 59.7 Å². The lowest BCUT2D eigenvalue weighted by Crippen LogP contribution is -2.46. The Morgan fingerprint density at radius 3 is 2.25 bits per heavy atom. The number of pyridine rings is 1. The Bertz CT molecular complexity index is 903. The number of hydrogen-bond donors (Lipinski definition) is 0. The molecular formula is C25H31ClN4O2. The number of aromatic nitrogens is 1. The van der Waals surface area contributed by atoms with Gasteiger partial charge < -0.3 is 9.74 Å². The maximum absolute atomic E-state index is 13.2. The van der Waals surface area contributed by atoms with Gasteiger partial charge in [0.05, 0.1) is 5.71 Å². The molecular weight excluding hydrogens is 424 g/mol. The molecule has 170 valence electrons. The first-order valence-electron chi connectivity index (χ1n) is 11.4. The molecule has 0 aliphatic carbocycles. The molecule has 2 aliphatic rings. The highest BCUT2D eigenvalue weighted by Gasteiger charge is 2.32. The van der Waals surface area contributed by atoms with Crippen molar-refractivity contribution >= 4 is 23.2 Å². The van der Waals surface area contributed by atoms with Crippen molar-refractivity contribution in [2.24, 2.45) is 17.0 Å². The molecule has 0 spiro atoms. The minimum absolute atomic E-state index is 0.142. The minimum Gasteiger partial charge on any atom is -0.399 e. The van der Waals surface area contributed by atoms with Crippen LogP contribution in [0.5, 0.6) is 0 Å². The maximum atomic E-state index is 13.2. The van der Waals surface area contributed by atoms with Crippen LogP contribution in [0.4, 0.5) is 0 Å². The lowest BCUT2D eigenvalue weighted by molar-refractivity contribution is -0.138. The Balaban J connectivity index is 1.28. The topological polar surface area (TPSA) is 58.0 Å². The van der Waals surface area contributed by atoms with Crippen LogP contribution >= 0.6 is 11.6 Å². The minimum atomic E-state index is 0.142. The summed E-state index contributed by atoms with van der Waals surface area (Å²) in [6, 6.07) is 11.8. The van der Waals surface area contributed by atoms with Gasteiger partial charge in [-0.2, -0.15) is 0 Å². The molecule has 3 heterocycles. The summed E-state index contributed by atoms with van der Waals surface area (Å²) in [5.41, 5.74) is 3.25. The molecule has 0 N–H and O–H groups in total. The highest BCUT2D eigenvalue weighted by atomic mass is 35.5. The van der Waals surface area contributed by atoms with Crippen molar-refractivity contribution in [3.8, 4) is 0 Å². The maximum Gasteiger partial charge on any atom is 0.225 e. The number of oxime groups is 1. The van der Waals surface area contributed by atoms with E-state index in [4.69, 9.17) is 16.4 Å². The number of likely N-dealkylation sites (tertiary alicyclic amines) is 2. The van der Waals surface area contributed by atoms with Crippen molar-refractivity contribution in [3.63, 3.8) is 0 Å². The number of benzene rings is 1.